The van der Waals surface area contributed by atoms with Gasteiger partial charge in [0, 0.05) is 17.2 Å². The van der Waals surface area contributed by atoms with Crippen molar-refractivity contribution in [2.24, 2.45) is 0 Å². The molecule has 1 aromatic carbocycles. The van der Waals surface area contributed by atoms with Crippen molar-refractivity contribution < 1.29 is 0 Å². The highest BCUT2D eigenvalue weighted by Gasteiger charge is 2.38. The molecule has 1 aromatic heterocycles. The van der Waals surface area contributed by atoms with Crippen LogP contribution >= 0.6 is 0 Å². The molecule has 2 aromatic rings. The van der Waals surface area contributed by atoms with Crippen LogP contribution in [-0.4, -0.2) is 4.98 Å². The lowest BCUT2D eigenvalue weighted by Crippen LogP contribution is -2.17. The maximum atomic E-state index is 4.61. The molecular weight excluding hydrogens is 218 g/mol. The van der Waals surface area contributed by atoms with Gasteiger partial charge in [0.05, 0.1) is 5.69 Å². The largest absolute Gasteiger partial charge is 0.256 e. The van der Waals surface area contributed by atoms with Crippen molar-refractivity contribution in [1.82, 2.24) is 4.98 Å². The van der Waals surface area contributed by atoms with Crippen molar-refractivity contribution in [3.63, 3.8) is 0 Å². The van der Waals surface area contributed by atoms with Gasteiger partial charge in [0.25, 0.3) is 0 Å². The minimum absolute atomic E-state index is 0.102. The Morgan fingerprint density at radius 1 is 1.11 bits per heavy atom. The first-order valence-electron chi connectivity index (χ1n) is 6.48. The fraction of sp³-hybridized carbons (Fsp3) is 0.235. The Kier molecular flexibility index (Phi) is 1.74. The van der Waals surface area contributed by atoms with E-state index in [1.165, 1.54) is 27.8 Å². The number of aromatic nitrogens is 1. The number of nitrogens with zero attached hydrogens (tertiary/aromatic N) is 1. The molecule has 0 amide bonds. The Labute approximate surface area is 107 Å². The smallest absolute Gasteiger partial charge is 0.0665 e. The van der Waals surface area contributed by atoms with Gasteiger partial charge in [0.2, 0.25) is 0 Å². The van der Waals surface area contributed by atoms with Crippen molar-refractivity contribution in [3.05, 3.63) is 58.9 Å². The number of benzene rings is 1. The molecule has 1 heterocycles. The number of allylic oxidation sites excluding steroid dienone is 1. The van der Waals surface area contributed by atoms with E-state index in [0.717, 1.165) is 12.1 Å². The molecule has 0 spiro atoms. The maximum absolute atomic E-state index is 4.61. The first-order valence-corrected chi connectivity index (χ1v) is 6.48. The summed E-state index contributed by atoms with van der Waals surface area (Å²) in [6.45, 7) is 4.66. The van der Waals surface area contributed by atoms with E-state index in [9.17, 15) is 0 Å². The summed E-state index contributed by atoms with van der Waals surface area (Å²) >= 11 is 0. The SMILES string of the molecule is CC1(C)c2ccccc2-c2cnc3c(c21)CC=C3. The number of hydrogen-bond donors (Lipinski definition) is 0. The van der Waals surface area contributed by atoms with Gasteiger partial charge in [-0.05, 0) is 34.8 Å². The number of hydrogen-bond acceptors (Lipinski definition) is 1. The Morgan fingerprint density at radius 2 is 1.94 bits per heavy atom. The van der Waals surface area contributed by atoms with E-state index >= 15 is 0 Å². The van der Waals surface area contributed by atoms with Crippen LogP contribution in [0.4, 0.5) is 0 Å². The molecule has 0 radical (unpaired) electrons. The van der Waals surface area contributed by atoms with E-state index in [1.54, 1.807) is 0 Å². The van der Waals surface area contributed by atoms with Gasteiger partial charge in [-0.25, -0.2) is 0 Å². The van der Waals surface area contributed by atoms with Crippen LogP contribution in [0.25, 0.3) is 17.2 Å². The van der Waals surface area contributed by atoms with E-state index in [4.69, 9.17) is 0 Å². The van der Waals surface area contributed by atoms with Gasteiger partial charge in [0.15, 0.2) is 0 Å². The highest BCUT2D eigenvalue weighted by atomic mass is 14.7. The van der Waals surface area contributed by atoms with E-state index in [1.807, 2.05) is 0 Å². The summed E-state index contributed by atoms with van der Waals surface area (Å²) in [7, 11) is 0. The average molecular weight is 233 g/mol. The zero-order valence-electron chi connectivity index (χ0n) is 10.7. The van der Waals surface area contributed by atoms with Crippen molar-refractivity contribution in [1.29, 1.82) is 0 Å². The Balaban J connectivity index is 2.12. The molecule has 4 rings (SSSR count). The molecule has 0 saturated carbocycles. The quantitative estimate of drug-likeness (QED) is 0.671. The number of pyridine rings is 1. The molecule has 0 aliphatic heterocycles. The zero-order valence-corrected chi connectivity index (χ0v) is 10.7. The van der Waals surface area contributed by atoms with Gasteiger partial charge in [-0.1, -0.05) is 44.2 Å². The van der Waals surface area contributed by atoms with Crippen LogP contribution in [0.3, 0.4) is 0 Å². The summed E-state index contributed by atoms with van der Waals surface area (Å²) in [5.41, 5.74) is 8.30. The molecule has 18 heavy (non-hydrogen) atoms. The Morgan fingerprint density at radius 3 is 2.83 bits per heavy atom. The van der Waals surface area contributed by atoms with E-state index in [2.05, 4.69) is 61.4 Å². The fourth-order valence-electron chi connectivity index (χ4n) is 3.52. The third kappa shape index (κ3) is 1.05. The van der Waals surface area contributed by atoms with Gasteiger partial charge in [0.1, 0.15) is 0 Å². The monoisotopic (exact) mass is 233 g/mol. The predicted octanol–water partition coefficient (Wildman–Crippen LogP) is 3.96. The van der Waals surface area contributed by atoms with Crippen molar-refractivity contribution in [2.45, 2.75) is 25.7 Å². The Bertz CT molecular complexity index is 693. The van der Waals surface area contributed by atoms with Gasteiger partial charge in [-0.15, -0.1) is 0 Å². The van der Waals surface area contributed by atoms with Gasteiger partial charge < -0.3 is 0 Å². The molecule has 2 aliphatic carbocycles. The van der Waals surface area contributed by atoms with Crippen LogP contribution in [0.2, 0.25) is 0 Å². The van der Waals surface area contributed by atoms with Crippen LogP contribution < -0.4 is 0 Å². The van der Waals surface area contributed by atoms with Gasteiger partial charge in [-0.3, -0.25) is 4.98 Å². The standard InChI is InChI=1S/C17H15N/c1-17(2)14-8-4-3-6-11(14)13-10-18-15-9-5-7-12(15)16(13)17/h3-6,8-10H,7H2,1-2H3. The van der Waals surface area contributed by atoms with Crippen LogP contribution in [0.15, 0.2) is 36.5 Å². The molecular formula is C17H15N. The molecule has 0 fully saturated rings. The van der Waals surface area contributed by atoms with Crippen LogP contribution in [-0.2, 0) is 11.8 Å². The summed E-state index contributed by atoms with van der Waals surface area (Å²) in [6, 6.07) is 8.73. The minimum atomic E-state index is 0.102. The number of fused-ring (bicyclic) bond motifs is 5. The third-order valence-corrected chi connectivity index (χ3v) is 4.33. The van der Waals surface area contributed by atoms with Crippen LogP contribution in [0.5, 0.6) is 0 Å². The van der Waals surface area contributed by atoms with Crippen LogP contribution in [0.1, 0.15) is 36.2 Å². The van der Waals surface area contributed by atoms with E-state index < -0.39 is 0 Å². The second-order valence-electron chi connectivity index (χ2n) is 5.69. The first-order chi connectivity index (χ1) is 8.69. The highest BCUT2D eigenvalue weighted by molar-refractivity contribution is 5.83. The molecule has 88 valence electrons. The molecule has 2 aliphatic rings. The topological polar surface area (TPSA) is 12.9 Å². The van der Waals surface area contributed by atoms with Crippen molar-refractivity contribution >= 4 is 6.08 Å². The molecule has 1 nitrogen and oxygen atoms in total. The molecule has 0 atom stereocenters. The molecule has 0 bridgehead atoms. The summed E-state index contributed by atoms with van der Waals surface area (Å²) in [6.07, 6.45) is 7.45. The van der Waals surface area contributed by atoms with E-state index in [0.29, 0.717) is 0 Å². The second-order valence-corrected chi connectivity index (χ2v) is 5.69. The first kappa shape index (κ1) is 10.1. The van der Waals surface area contributed by atoms with Gasteiger partial charge >= 0.3 is 0 Å². The third-order valence-electron chi connectivity index (χ3n) is 4.33. The van der Waals surface area contributed by atoms with Gasteiger partial charge in [-0.2, -0.15) is 0 Å². The maximum Gasteiger partial charge on any atom is 0.0665 e. The highest BCUT2D eigenvalue weighted by Crippen LogP contribution is 2.50. The lowest BCUT2D eigenvalue weighted by molar-refractivity contribution is 0.653. The summed E-state index contributed by atoms with van der Waals surface area (Å²) in [5, 5.41) is 0. The predicted molar refractivity (Wildman–Crippen MR) is 74.5 cm³/mol. The lowest BCUT2D eigenvalue weighted by atomic mass is 9.80. The molecule has 0 N–H and O–H groups in total. The summed E-state index contributed by atoms with van der Waals surface area (Å²) in [5.74, 6) is 0. The molecule has 0 unspecified atom stereocenters. The second kappa shape index (κ2) is 3.11. The van der Waals surface area contributed by atoms with Crippen LogP contribution in [0, 0.1) is 0 Å². The lowest BCUT2D eigenvalue weighted by Gasteiger charge is -2.23. The number of rotatable bonds is 0. The summed E-state index contributed by atoms with van der Waals surface area (Å²) < 4.78 is 0. The fourth-order valence-corrected chi connectivity index (χ4v) is 3.52. The van der Waals surface area contributed by atoms with Crippen molar-refractivity contribution in [2.75, 3.05) is 0 Å². The van der Waals surface area contributed by atoms with E-state index in [-0.39, 0.29) is 5.41 Å². The minimum Gasteiger partial charge on any atom is -0.256 e. The normalized spacial score (nSPS) is 17.4. The molecule has 0 saturated heterocycles. The molecule has 1 heteroatoms. The van der Waals surface area contributed by atoms with Crippen molar-refractivity contribution in [3.8, 4) is 11.1 Å². The Hall–Kier alpha value is -1.89. The zero-order chi connectivity index (χ0) is 12.3. The summed E-state index contributed by atoms with van der Waals surface area (Å²) in [4.78, 5) is 4.61. The average Bonchev–Trinajstić information content (AvgIpc) is 2.92.